The molecule has 16 heavy (non-hydrogen) atoms. The molecule has 1 heterocycles. The van der Waals surface area contributed by atoms with Gasteiger partial charge in [-0.1, -0.05) is 13.8 Å². The van der Waals surface area contributed by atoms with Crippen LogP contribution in [0.4, 0.5) is 11.8 Å². The first-order chi connectivity index (χ1) is 7.58. The topological polar surface area (TPSA) is 92.9 Å². The Hall–Kier alpha value is -1.85. The highest BCUT2D eigenvalue weighted by atomic mass is 16.1. The number of amides is 1. The Bertz CT molecular complexity index is 353. The first-order valence-electron chi connectivity index (χ1n) is 5.17. The third-order valence-corrected chi connectivity index (χ3v) is 1.79. The van der Waals surface area contributed by atoms with E-state index in [1.54, 1.807) is 6.07 Å². The number of nitrogens with one attached hydrogen (secondary N) is 2. The van der Waals surface area contributed by atoms with Gasteiger partial charge in [-0.15, -0.1) is 0 Å². The van der Waals surface area contributed by atoms with E-state index in [0.717, 1.165) is 0 Å². The summed E-state index contributed by atoms with van der Waals surface area (Å²) >= 11 is 0. The van der Waals surface area contributed by atoms with Crippen molar-refractivity contribution in [3.63, 3.8) is 0 Å². The Morgan fingerprint density at radius 1 is 1.56 bits per heavy atom. The van der Waals surface area contributed by atoms with Crippen LogP contribution >= 0.6 is 0 Å². The van der Waals surface area contributed by atoms with Crippen LogP contribution in [0.1, 0.15) is 13.8 Å². The van der Waals surface area contributed by atoms with Gasteiger partial charge in [-0.05, 0) is 12.0 Å². The summed E-state index contributed by atoms with van der Waals surface area (Å²) in [6.45, 7) is 4.89. The molecule has 0 saturated carbocycles. The van der Waals surface area contributed by atoms with Crippen molar-refractivity contribution in [3.05, 3.63) is 12.3 Å². The largest absolute Gasteiger partial charge is 0.384 e. The zero-order valence-electron chi connectivity index (χ0n) is 9.53. The fourth-order valence-corrected chi connectivity index (χ4v) is 0.998. The van der Waals surface area contributed by atoms with Crippen molar-refractivity contribution in [1.82, 2.24) is 15.3 Å². The summed E-state index contributed by atoms with van der Waals surface area (Å²) in [5.74, 6) is 1.09. The molecule has 1 aromatic rings. The van der Waals surface area contributed by atoms with Crippen LogP contribution in [0.3, 0.4) is 0 Å². The van der Waals surface area contributed by atoms with E-state index >= 15 is 0 Å². The van der Waals surface area contributed by atoms with Crippen LogP contribution in [-0.4, -0.2) is 29.0 Å². The van der Waals surface area contributed by atoms with Crippen molar-refractivity contribution >= 4 is 17.7 Å². The van der Waals surface area contributed by atoms with Gasteiger partial charge in [0, 0.05) is 12.7 Å². The molecule has 0 aromatic carbocycles. The van der Waals surface area contributed by atoms with E-state index in [9.17, 15) is 4.79 Å². The molecule has 0 aliphatic rings. The number of nitrogen functional groups attached to an aromatic ring is 1. The predicted molar refractivity (Wildman–Crippen MR) is 62.8 cm³/mol. The fourth-order valence-electron chi connectivity index (χ4n) is 0.998. The molecule has 1 amide bonds. The Kier molecular flexibility index (Phi) is 4.50. The Morgan fingerprint density at radius 2 is 2.31 bits per heavy atom. The summed E-state index contributed by atoms with van der Waals surface area (Å²) < 4.78 is 0. The lowest BCUT2D eigenvalue weighted by molar-refractivity contribution is -0.119. The number of carbonyl (C=O) groups is 1. The lowest BCUT2D eigenvalue weighted by Crippen LogP contribution is -2.32. The van der Waals surface area contributed by atoms with Crippen molar-refractivity contribution in [1.29, 1.82) is 0 Å². The lowest BCUT2D eigenvalue weighted by atomic mass is 10.2. The molecule has 0 aliphatic heterocycles. The summed E-state index contributed by atoms with van der Waals surface area (Å²) in [7, 11) is 0. The van der Waals surface area contributed by atoms with Crippen molar-refractivity contribution in [2.45, 2.75) is 13.8 Å². The number of hydrogen-bond acceptors (Lipinski definition) is 5. The molecule has 0 saturated heterocycles. The summed E-state index contributed by atoms with van der Waals surface area (Å²) in [5.41, 5.74) is 5.47. The van der Waals surface area contributed by atoms with Crippen LogP contribution in [0.25, 0.3) is 0 Å². The lowest BCUT2D eigenvalue weighted by Gasteiger charge is -2.08. The van der Waals surface area contributed by atoms with Crippen LogP contribution in [0.5, 0.6) is 0 Å². The second kappa shape index (κ2) is 5.89. The summed E-state index contributed by atoms with van der Waals surface area (Å²) in [6.07, 6.45) is 1.54. The maximum Gasteiger partial charge on any atom is 0.239 e. The Balaban J connectivity index is 2.31. The molecule has 0 unspecified atom stereocenters. The van der Waals surface area contributed by atoms with Crippen LogP contribution in [0.2, 0.25) is 0 Å². The summed E-state index contributed by atoms with van der Waals surface area (Å²) in [4.78, 5) is 19.2. The van der Waals surface area contributed by atoms with E-state index in [2.05, 4.69) is 20.6 Å². The molecule has 1 aromatic heterocycles. The third-order valence-electron chi connectivity index (χ3n) is 1.79. The maximum atomic E-state index is 11.3. The molecule has 6 nitrogen and oxygen atoms in total. The normalized spacial score (nSPS) is 10.2. The average Bonchev–Trinajstić information content (AvgIpc) is 2.23. The zero-order valence-corrected chi connectivity index (χ0v) is 9.53. The second-order valence-electron chi connectivity index (χ2n) is 3.86. The highest BCUT2D eigenvalue weighted by molar-refractivity contribution is 5.80. The van der Waals surface area contributed by atoms with E-state index < -0.39 is 0 Å². The monoisotopic (exact) mass is 223 g/mol. The SMILES string of the molecule is CC(C)CNC(=O)CNc1nccc(N)n1. The smallest absolute Gasteiger partial charge is 0.239 e. The third kappa shape index (κ3) is 4.59. The van der Waals surface area contributed by atoms with Gasteiger partial charge in [0.15, 0.2) is 0 Å². The van der Waals surface area contributed by atoms with Crippen molar-refractivity contribution in [3.8, 4) is 0 Å². The van der Waals surface area contributed by atoms with Gasteiger partial charge < -0.3 is 16.4 Å². The number of aromatic nitrogens is 2. The van der Waals surface area contributed by atoms with Crippen LogP contribution < -0.4 is 16.4 Å². The number of carbonyl (C=O) groups excluding carboxylic acids is 1. The molecular weight excluding hydrogens is 206 g/mol. The van der Waals surface area contributed by atoms with Gasteiger partial charge in [-0.25, -0.2) is 4.98 Å². The van der Waals surface area contributed by atoms with Crippen molar-refractivity contribution in [2.24, 2.45) is 5.92 Å². The highest BCUT2D eigenvalue weighted by Gasteiger charge is 2.03. The zero-order chi connectivity index (χ0) is 12.0. The van der Waals surface area contributed by atoms with Gasteiger partial charge in [0.2, 0.25) is 11.9 Å². The minimum Gasteiger partial charge on any atom is -0.384 e. The maximum absolute atomic E-state index is 11.3. The van der Waals surface area contributed by atoms with Crippen molar-refractivity contribution in [2.75, 3.05) is 24.1 Å². The Labute approximate surface area is 94.7 Å². The molecule has 6 heteroatoms. The van der Waals surface area contributed by atoms with E-state index in [-0.39, 0.29) is 12.5 Å². The molecule has 0 fully saturated rings. The van der Waals surface area contributed by atoms with Gasteiger partial charge >= 0.3 is 0 Å². The quantitative estimate of drug-likeness (QED) is 0.665. The summed E-state index contributed by atoms with van der Waals surface area (Å²) in [5, 5.41) is 5.57. The van der Waals surface area contributed by atoms with Crippen molar-refractivity contribution < 1.29 is 4.79 Å². The molecule has 4 N–H and O–H groups in total. The Morgan fingerprint density at radius 3 is 2.94 bits per heavy atom. The number of rotatable bonds is 5. The van der Waals surface area contributed by atoms with E-state index in [1.165, 1.54) is 6.20 Å². The van der Waals surface area contributed by atoms with Gasteiger partial charge in [-0.3, -0.25) is 4.79 Å². The number of nitrogens with two attached hydrogens (primary N) is 1. The molecular formula is C10H17N5O. The van der Waals surface area contributed by atoms with Gasteiger partial charge in [0.1, 0.15) is 5.82 Å². The highest BCUT2D eigenvalue weighted by Crippen LogP contribution is 1.99. The first kappa shape index (κ1) is 12.2. The van der Waals surface area contributed by atoms with Crippen LogP contribution in [0.15, 0.2) is 12.3 Å². The molecule has 0 radical (unpaired) electrons. The molecule has 0 aliphatic carbocycles. The van der Waals surface area contributed by atoms with Crippen LogP contribution in [0, 0.1) is 5.92 Å². The first-order valence-corrected chi connectivity index (χ1v) is 5.17. The minimum absolute atomic E-state index is 0.0836. The average molecular weight is 223 g/mol. The van der Waals surface area contributed by atoms with E-state index in [4.69, 9.17) is 5.73 Å². The minimum atomic E-state index is -0.0836. The van der Waals surface area contributed by atoms with Gasteiger partial charge in [0.25, 0.3) is 0 Å². The van der Waals surface area contributed by atoms with E-state index in [0.29, 0.717) is 24.2 Å². The van der Waals surface area contributed by atoms with Gasteiger partial charge in [-0.2, -0.15) is 4.98 Å². The number of nitrogens with zero attached hydrogens (tertiary/aromatic N) is 2. The number of anilines is 2. The molecule has 1 rings (SSSR count). The predicted octanol–water partition coefficient (Wildman–Crippen LogP) is 0.243. The molecule has 0 atom stereocenters. The number of hydrogen-bond donors (Lipinski definition) is 3. The molecule has 88 valence electrons. The standard InChI is InChI=1S/C10H17N5O/c1-7(2)5-13-9(16)6-14-10-12-4-3-8(11)15-10/h3-4,7H,5-6H2,1-2H3,(H,13,16)(H3,11,12,14,15). The second-order valence-corrected chi connectivity index (χ2v) is 3.86. The summed E-state index contributed by atoms with van der Waals surface area (Å²) in [6, 6.07) is 1.59. The van der Waals surface area contributed by atoms with E-state index in [1.807, 2.05) is 13.8 Å². The molecule has 0 spiro atoms. The van der Waals surface area contributed by atoms with Gasteiger partial charge in [0.05, 0.1) is 6.54 Å². The fraction of sp³-hybridized carbons (Fsp3) is 0.500. The van der Waals surface area contributed by atoms with Crippen LogP contribution in [-0.2, 0) is 4.79 Å². The molecule has 0 bridgehead atoms.